The summed E-state index contributed by atoms with van der Waals surface area (Å²) >= 11 is 0. The second-order valence-electron chi connectivity index (χ2n) is 2.81. The molecule has 0 unspecified atom stereocenters. The van der Waals surface area contributed by atoms with Crippen LogP contribution in [0.15, 0.2) is 18.3 Å². The summed E-state index contributed by atoms with van der Waals surface area (Å²) in [6.45, 7) is 0.913. The summed E-state index contributed by atoms with van der Waals surface area (Å²) in [5, 5.41) is 2.44. The zero-order chi connectivity index (χ0) is 11.3. The topological polar surface area (TPSA) is 94.3 Å². The number of hydrogen-bond acceptors (Lipinski definition) is 5. The van der Waals surface area contributed by atoms with Crippen LogP contribution in [0.1, 0.15) is 6.92 Å². The maximum Gasteiger partial charge on any atom is 0.303 e. The molecule has 0 aromatic carbocycles. The van der Waals surface area contributed by atoms with E-state index in [1.54, 1.807) is 12.1 Å². The fourth-order valence-electron chi connectivity index (χ4n) is 0.825. The molecule has 0 saturated carbocycles. The summed E-state index contributed by atoms with van der Waals surface area (Å²) in [5.74, 6) is -0.584. The van der Waals surface area contributed by atoms with Crippen molar-refractivity contribution < 1.29 is 14.3 Å². The molecule has 0 aliphatic carbocycles. The monoisotopic (exact) mass is 209 g/mol. The molecular formula is C9H11N3O3. The molecule has 6 nitrogen and oxygen atoms in total. The van der Waals surface area contributed by atoms with E-state index in [0.29, 0.717) is 11.5 Å². The first-order valence-corrected chi connectivity index (χ1v) is 4.22. The Morgan fingerprint density at radius 3 is 2.80 bits per heavy atom. The van der Waals surface area contributed by atoms with E-state index in [2.05, 4.69) is 15.0 Å². The quantitative estimate of drug-likeness (QED) is 0.692. The van der Waals surface area contributed by atoms with E-state index in [9.17, 15) is 9.59 Å². The number of esters is 1. The van der Waals surface area contributed by atoms with E-state index in [4.69, 9.17) is 5.73 Å². The van der Waals surface area contributed by atoms with Gasteiger partial charge in [0.15, 0.2) is 6.61 Å². The number of anilines is 2. The Labute approximate surface area is 86.4 Å². The highest BCUT2D eigenvalue weighted by atomic mass is 16.5. The number of carbonyl (C=O) groups excluding carboxylic acids is 2. The lowest BCUT2D eigenvalue weighted by atomic mass is 10.4. The van der Waals surface area contributed by atoms with Crippen LogP contribution in [0, 0.1) is 0 Å². The van der Waals surface area contributed by atoms with Crippen molar-refractivity contribution in [2.24, 2.45) is 0 Å². The maximum atomic E-state index is 11.1. The van der Waals surface area contributed by atoms with Crippen molar-refractivity contribution in [2.45, 2.75) is 6.92 Å². The minimum Gasteiger partial charge on any atom is -0.456 e. The maximum absolute atomic E-state index is 11.1. The molecule has 0 bridgehead atoms. The van der Waals surface area contributed by atoms with Gasteiger partial charge in [-0.05, 0) is 12.1 Å². The third-order valence-electron chi connectivity index (χ3n) is 1.46. The van der Waals surface area contributed by atoms with E-state index < -0.39 is 11.9 Å². The molecule has 3 N–H and O–H groups in total. The minimum absolute atomic E-state index is 0.318. The zero-order valence-corrected chi connectivity index (χ0v) is 8.19. The Kier molecular flexibility index (Phi) is 3.61. The number of carbonyl (C=O) groups is 2. The molecule has 0 aliphatic rings. The third kappa shape index (κ3) is 4.08. The van der Waals surface area contributed by atoms with Crippen molar-refractivity contribution in [1.29, 1.82) is 0 Å². The Morgan fingerprint density at radius 2 is 2.27 bits per heavy atom. The smallest absolute Gasteiger partial charge is 0.303 e. The number of nitrogens with zero attached hydrogens (tertiary/aromatic N) is 1. The van der Waals surface area contributed by atoms with E-state index in [1.807, 2.05) is 0 Å². The molecule has 0 saturated heterocycles. The molecule has 6 heteroatoms. The summed E-state index contributed by atoms with van der Waals surface area (Å²) in [4.78, 5) is 25.4. The Morgan fingerprint density at radius 1 is 1.53 bits per heavy atom. The van der Waals surface area contributed by atoms with Gasteiger partial charge >= 0.3 is 5.97 Å². The molecule has 1 aromatic rings. The first-order valence-electron chi connectivity index (χ1n) is 4.22. The minimum atomic E-state index is -0.504. The normalized spacial score (nSPS) is 9.40. The fourth-order valence-corrected chi connectivity index (χ4v) is 0.825. The van der Waals surface area contributed by atoms with Crippen LogP contribution in [0.3, 0.4) is 0 Å². The fraction of sp³-hybridized carbons (Fsp3) is 0.222. The largest absolute Gasteiger partial charge is 0.456 e. The van der Waals surface area contributed by atoms with Crippen molar-refractivity contribution in [3.8, 4) is 0 Å². The van der Waals surface area contributed by atoms with Crippen molar-refractivity contribution in [3.63, 3.8) is 0 Å². The van der Waals surface area contributed by atoms with Crippen molar-refractivity contribution in [1.82, 2.24) is 4.98 Å². The van der Waals surface area contributed by atoms with Crippen LogP contribution < -0.4 is 11.1 Å². The second kappa shape index (κ2) is 4.94. The first-order chi connectivity index (χ1) is 7.08. The number of pyridine rings is 1. The number of nitrogen functional groups attached to an aromatic ring is 1. The summed E-state index contributed by atoms with van der Waals surface area (Å²) in [6, 6.07) is 3.16. The van der Waals surface area contributed by atoms with Crippen molar-refractivity contribution in [3.05, 3.63) is 18.3 Å². The molecule has 1 rings (SSSR count). The van der Waals surface area contributed by atoms with Gasteiger partial charge in [0.05, 0.1) is 11.9 Å². The molecule has 0 radical (unpaired) electrons. The van der Waals surface area contributed by atoms with Gasteiger partial charge in [-0.15, -0.1) is 0 Å². The molecular weight excluding hydrogens is 198 g/mol. The van der Waals surface area contributed by atoms with Gasteiger partial charge in [0, 0.05) is 6.92 Å². The molecule has 1 aromatic heterocycles. The lowest BCUT2D eigenvalue weighted by Crippen LogP contribution is -2.20. The molecule has 0 fully saturated rings. The lowest BCUT2D eigenvalue weighted by molar-refractivity contribution is -0.144. The van der Waals surface area contributed by atoms with E-state index in [-0.39, 0.29) is 6.61 Å². The highest BCUT2D eigenvalue weighted by Crippen LogP contribution is 2.05. The van der Waals surface area contributed by atoms with Crippen LogP contribution in [-0.4, -0.2) is 23.5 Å². The van der Waals surface area contributed by atoms with Gasteiger partial charge in [-0.25, -0.2) is 4.98 Å². The Balaban J connectivity index is 2.44. The van der Waals surface area contributed by atoms with Crippen LogP contribution in [0.2, 0.25) is 0 Å². The van der Waals surface area contributed by atoms with Crippen LogP contribution >= 0.6 is 0 Å². The molecule has 1 heterocycles. The summed E-state index contributed by atoms with van der Waals surface area (Å²) in [7, 11) is 0. The number of nitrogens with two attached hydrogens (primary N) is 1. The van der Waals surface area contributed by atoms with Crippen LogP contribution in [0.4, 0.5) is 11.5 Å². The van der Waals surface area contributed by atoms with Gasteiger partial charge < -0.3 is 15.8 Å². The van der Waals surface area contributed by atoms with Gasteiger partial charge in [0.1, 0.15) is 5.82 Å². The predicted octanol–water partition coefficient (Wildman–Crippen LogP) is 0.165. The number of hydrogen-bond donors (Lipinski definition) is 2. The highest BCUT2D eigenvalue weighted by molar-refractivity contribution is 5.91. The zero-order valence-electron chi connectivity index (χ0n) is 8.19. The number of ether oxygens (including phenoxy) is 1. The van der Waals surface area contributed by atoms with Crippen LogP contribution in [-0.2, 0) is 14.3 Å². The Bertz CT molecular complexity index is 361. The van der Waals surface area contributed by atoms with Crippen molar-refractivity contribution >= 4 is 23.4 Å². The van der Waals surface area contributed by atoms with Gasteiger partial charge in [-0.2, -0.15) is 0 Å². The Hall–Kier alpha value is -2.11. The molecule has 0 aliphatic heterocycles. The van der Waals surface area contributed by atoms with Crippen molar-refractivity contribution in [2.75, 3.05) is 17.7 Å². The van der Waals surface area contributed by atoms with Gasteiger partial charge in [-0.3, -0.25) is 9.59 Å². The molecule has 15 heavy (non-hydrogen) atoms. The molecule has 0 spiro atoms. The molecule has 80 valence electrons. The van der Waals surface area contributed by atoms with E-state index in [0.717, 1.165) is 0 Å². The van der Waals surface area contributed by atoms with E-state index in [1.165, 1.54) is 13.1 Å². The average Bonchev–Trinajstić information content (AvgIpc) is 2.19. The van der Waals surface area contributed by atoms with Crippen LogP contribution in [0.25, 0.3) is 0 Å². The van der Waals surface area contributed by atoms with Gasteiger partial charge in [-0.1, -0.05) is 0 Å². The third-order valence-corrected chi connectivity index (χ3v) is 1.46. The summed E-state index contributed by atoms with van der Waals surface area (Å²) in [5.41, 5.74) is 5.92. The predicted molar refractivity (Wildman–Crippen MR) is 53.9 cm³/mol. The summed E-state index contributed by atoms with van der Waals surface area (Å²) < 4.78 is 4.50. The van der Waals surface area contributed by atoms with E-state index >= 15 is 0 Å². The first kappa shape index (κ1) is 11.0. The number of amides is 1. The highest BCUT2D eigenvalue weighted by Gasteiger charge is 2.04. The van der Waals surface area contributed by atoms with Gasteiger partial charge in [0.25, 0.3) is 5.91 Å². The summed E-state index contributed by atoms with van der Waals surface area (Å²) in [6.07, 6.45) is 1.42. The second-order valence-corrected chi connectivity index (χ2v) is 2.81. The standard InChI is InChI=1S/C9H11N3O3/c1-6(13)15-5-9(14)12-8-3-2-7(10)4-11-8/h2-4H,5,10H2,1H3,(H,11,12,14). The van der Waals surface area contributed by atoms with Crippen LogP contribution in [0.5, 0.6) is 0 Å². The van der Waals surface area contributed by atoms with Gasteiger partial charge in [0.2, 0.25) is 0 Å². The number of nitrogens with one attached hydrogen (secondary N) is 1. The number of rotatable bonds is 3. The average molecular weight is 209 g/mol. The molecule has 0 atom stereocenters. The number of aromatic nitrogens is 1. The molecule has 1 amide bonds. The SMILES string of the molecule is CC(=O)OCC(=O)Nc1ccc(N)cn1. The lowest BCUT2D eigenvalue weighted by Gasteiger charge is -2.04.